The van der Waals surface area contributed by atoms with Gasteiger partial charge in [-0.3, -0.25) is 4.79 Å². The van der Waals surface area contributed by atoms with Crippen molar-refractivity contribution in [2.45, 2.75) is 57.9 Å². The maximum absolute atomic E-state index is 13.1. The summed E-state index contributed by atoms with van der Waals surface area (Å²) < 4.78 is 27.9. The van der Waals surface area contributed by atoms with Crippen LogP contribution in [0.15, 0.2) is 29.2 Å². The molecule has 0 radical (unpaired) electrons. The maximum atomic E-state index is 13.1. The van der Waals surface area contributed by atoms with E-state index in [0.717, 1.165) is 19.3 Å². The number of rotatable bonds is 3. The van der Waals surface area contributed by atoms with E-state index in [1.165, 1.54) is 6.92 Å². The van der Waals surface area contributed by atoms with Crippen LogP contribution in [0.2, 0.25) is 0 Å². The number of nitrogens with zero attached hydrogens (tertiary/aromatic N) is 1. The third kappa shape index (κ3) is 3.22. The fraction of sp³-hybridized carbons (Fsp3) is 0.611. The molecule has 2 aliphatic rings. The molecule has 3 rings (SSSR count). The van der Waals surface area contributed by atoms with Gasteiger partial charge in [-0.25, -0.2) is 8.42 Å². The summed E-state index contributed by atoms with van der Waals surface area (Å²) in [5.41, 5.74) is 0.849. The molecule has 1 aromatic carbocycles. The molecular weight excluding hydrogens is 324 g/mol. The molecule has 1 heterocycles. The van der Waals surface area contributed by atoms with Gasteiger partial charge in [0.2, 0.25) is 15.9 Å². The molecule has 132 valence electrons. The van der Waals surface area contributed by atoms with E-state index in [1.807, 2.05) is 0 Å². The fourth-order valence-corrected chi connectivity index (χ4v) is 6.51. The lowest BCUT2D eigenvalue weighted by Crippen LogP contribution is -2.37. The summed E-state index contributed by atoms with van der Waals surface area (Å²) in [7, 11) is -3.51. The predicted octanol–water partition coefficient (Wildman–Crippen LogP) is 3.23. The Labute approximate surface area is 144 Å². The first-order valence-electron chi connectivity index (χ1n) is 8.40. The van der Waals surface area contributed by atoms with Gasteiger partial charge in [-0.15, -0.1) is 0 Å². The number of anilines is 1. The van der Waals surface area contributed by atoms with Gasteiger partial charge < -0.3 is 5.32 Å². The first kappa shape index (κ1) is 17.4. The number of hydrogen-bond donors (Lipinski definition) is 1. The van der Waals surface area contributed by atoms with Crippen molar-refractivity contribution in [3.63, 3.8) is 0 Å². The normalized spacial score (nSPS) is 29.4. The molecule has 24 heavy (non-hydrogen) atoms. The van der Waals surface area contributed by atoms with Crippen molar-refractivity contribution in [2.75, 3.05) is 11.9 Å². The monoisotopic (exact) mass is 350 g/mol. The quantitative estimate of drug-likeness (QED) is 0.910. The largest absolute Gasteiger partial charge is 0.326 e. The maximum Gasteiger partial charge on any atom is 0.243 e. The Morgan fingerprint density at radius 3 is 2.38 bits per heavy atom. The van der Waals surface area contributed by atoms with E-state index in [4.69, 9.17) is 0 Å². The topological polar surface area (TPSA) is 66.5 Å². The molecule has 2 fully saturated rings. The van der Waals surface area contributed by atoms with Gasteiger partial charge in [0.05, 0.1) is 4.90 Å². The number of fused-ring (bicyclic) bond motifs is 2. The minimum Gasteiger partial charge on any atom is -0.326 e. The summed E-state index contributed by atoms with van der Waals surface area (Å²) in [6.45, 7) is 8.69. The van der Waals surface area contributed by atoms with E-state index in [9.17, 15) is 13.2 Å². The van der Waals surface area contributed by atoms with E-state index in [-0.39, 0.29) is 22.8 Å². The van der Waals surface area contributed by atoms with E-state index < -0.39 is 10.0 Å². The molecule has 2 atom stereocenters. The van der Waals surface area contributed by atoms with Crippen molar-refractivity contribution in [3.8, 4) is 0 Å². The molecule has 5 nitrogen and oxygen atoms in total. The Morgan fingerprint density at radius 2 is 1.79 bits per heavy atom. The summed E-state index contributed by atoms with van der Waals surface area (Å²) in [6, 6.07) is 6.52. The number of sulfonamides is 1. The molecule has 1 aromatic rings. The average molecular weight is 350 g/mol. The number of carbonyl (C=O) groups is 1. The van der Waals surface area contributed by atoms with Crippen LogP contribution >= 0.6 is 0 Å². The lowest BCUT2D eigenvalue weighted by molar-refractivity contribution is -0.114. The SMILES string of the molecule is CC(=O)Nc1ccc(S(=O)(=O)N2C[C@@]3(C)C[C@H]2CC(C)(C)C3)cc1. The smallest absolute Gasteiger partial charge is 0.243 e. The van der Waals surface area contributed by atoms with Crippen LogP contribution in [0.4, 0.5) is 5.69 Å². The molecule has 1 aliphatic carbocycles. The zero-order valence-electron chi connectivity index (χ0n) is 14.8. The molecule has 0 spiro atoms. The minimum atomic E-state index is -3.51. The van der Waals surface area contributed by atoms with Crippen molar-refractivity contribution in [2.24, 2.45) is 10.8 Å². The van der Waals surface area contributed by atoms with Gasteiger partial charge in [0.1, 0.15) is 0 Å². The Kier molecular flexibility index (Phi) is 4.04. The van der Waals surface area contributed by atoms with Gasteiger partial charge >= 0.3 is 0 Å². The zero-order chi connectivity index (χ0) is 17.8. The third-order valence-electron chi connectivity index (χ3n) is 5.15. The first-order valence-corrected chi connectivity index (χ1v) is 9.84. The van der Waals surface area contributed by atoms with Gasteiger partial charge in [0.15, 0.2) is 0 Å². The molecule has 1 amide bonds. The molecule has 0 unspecified atom stereocenters. The van der Waals surface area contributed by atoms with Gasteiger partial charge in [-0.05, 0) is 54.4 Å². The Bertz CT molecular complexity index is 755. The second kappa shape index (κ2) is 5.56. The summed E-state index contributed by atoms with van der Waals surface area (Å²) in [6.07, 6.45) is 2.91. The number of benzene rings is 1. The summed E-state index contributed by atoms with van der Waals surface area (Å²) in [5.74, 6) is -0.172. The van der Waals surface area contributed by atoms with Crippen LogP contribution in [0.5, 0.6) is 0 Å². The van der Waals surface area contributed by atoms with E-state index >= 15 is 0 Å². The van der Waals surface area contributed by atoms with Crippen LogP contribution in [0.3, 0.4) is 0 Å². The standard InChI is InChI=1S/C18H26N2O3S/c1-13(21)19-14-5-7-16(8-6-14)24(22,23)20-12-18(4)10-15(20)9-17(2,3)11-18/h5-8,15H,9-12H2,1-4H3,(H,19,21)/t15-,18+/m1/s1. The van der Waals surface area contributed by atoms with Crippen molar-refractivity contribution in [1.82, 2.24) is 4.31 Å². The molecule has 1 aliphatic heterocycles. The van der Waals surface area contributed by atoms with Crippen LogP contribution in [0, 0.1) is 10.8 Å². The van der Waals surface area contributed by atoms with Gasteiger partial charge in [0, 0.05) is 25.2 Å². The highest BCUT2D eigenvalue weighted by Crippen LogP contribution is 2.53. The predicted molar refractivity (Wildman–Crippen MR) is 94.2 cm³/mol. The zero-order valence-corrected chi connectivity index (χ0v) is 15.6. The van der Waals surface area contributed by atoms with Crippen molar-refractivity contribution in [3.05, 3.63) is 24.3 Å². The summed E-state index contributed by atoms with van der Waals surface area (Å²) in [5, 5.41) is 2.66. The highest BCUT2D eigenvalue weighted by molar-refractivity contribution is 7.89. The van der Waals surface area contributed by atoms with Gasteiger partial charge in [0.25, 0.3) is 0 Å². The van der Waals surface area contributed by atoms with Crippen LogP contribution in [0.25, 0.3) is 0 Å². The molecule has 2 bridgehead atoms. The summed E-state index contributed by atoms with van der Waals surface area (Å²) in [4.78, 5) is 11.4. The second-order valence-corrected chi connectivity index (χ2v) is 10.4. The minimum absolute atomic E-state index is 0.0651. The molecular formula is C18H26N2O3S. The lowest BCUT2D eigenvalue weighted by atomic mass is 9.65. The lowest BCUT2D eigenvalue weighted by Gasteiger charge is -2.39. The van der Waals surface area contributed by atoms with Crippen LogP contribution < -0.4 is 5.32 Å². The van der Waals surface area contributed by atoms with Crippen molar-refractivity contribution >= 4 is 21.6 Å². The molecule has 1 N–H and O–H groups in total. The number of nitrogens with one attached hydrogen (secondary N) is 1. The highest BCUT2D eigenvalue weighted by Gasteiger charge is 2.53. The number of carbonyl (C=O) groups excluding carboxylic acids is 1. The molecule has 1 saturated carbocycles. The van der Waals surface area contributed by atoms with Crippen molar-refractivity contribution < 1.29 is 13.2 Å². The Hall–Kier alpha value is -1.40. The van der Waals surface area contributed by atoms with E-state index in [2.05, 4.69) is 26.1 Å². The van der Waals surface area contributed by atoms with Crippen LogP contribution in [-0.2, 0) is 14.8 Å². The Morgan fingerprint density at radius 1 is 1.17 bits per heavy atom. The van der Waals surface area contributed by atoms with Crippen LogP contribution in [-0.4, -0.2) is 31.2 Å². The number of hydrogen-bond acceptors (Lipinski definition) is 3. The molecule has 0 aromatic heterocycles. The third-order valence-corrected chi connectivity index (χ3v) is 7.06. The number of amides is 1. The summed E-state index contributed by atoms with van der Waals surface area (Å²) >= 11 is 0. The van der Waals surface area contributed by atoms with Gasteiger partial charge in [-0.1, -0.05) is 20.8 Å². The molecule has 6 heteroatoms. The van der Waals surface area contributed by atoms with E-state index in [1.54, 1.807) is 28.6 Å². The van der Waals surface area contributed by atoms with Gasteiger partial charge in [-0.2, -0.15) is 4.31 Å². The highest BCUT2D eigenvalue weighted by atomic mass is 32.2. The Balaban J connectivity index is 1.87. The first-order chi connectivity index (χ1) is 11.0. The second-order valence-electron chi connectivity index (χ2n) is 8.47. The fourth-order valence-electron chi connectivity index (χ4n) is 4.74. The van der Waals surface area contributed by atoms with Crippen LogP contribution in [0.1, 0.15) is 47.0 Å². The average Bonchev–Trinajstić information content (AvgIpc) is 2.68. The molecule has 1 saturated heterocycles. The van der Waals surface area contributed by atoms with E-state index in [0.29, 0.717) is 17.1 Å². The van der Waals surface area contributed by atoms with Crippen molar-refractivity contribution in [1.29, 1.82) is 0 Å².